The molecule has 0 aromatic heterocycles. The van der Waals surface area contributed by atoms with E-state index in [0.717, 1.165) is 6.21 Å². The monoisotopic (exact) mass is 221 g/mol. The van der Waals surface area contributed by atoms with E-state index in [9.17, 15) is 4.79 Å². The van der Waals surface area contributed by atoms with Gasteiger partial charge in [-0.2, -0.15) is 0 Å². The van der Waals surface area contributed by atoms with Gasteiger partial charge in [0.2, 0.25) is 0 Å². The number of carbonyl (C=O) groups excluding carboxylic acids is 1. The van der Waals surface area contributed by atoms with Crippen LogP contribution >= 0.6 is 0 Å². The fraction of sp³-hybridized carbons (Fsp3) is 0.333. The first-order chi connectivity index (χ1) is 7.63. The second kappa shape index (κ2) is 5.90. The Morgan fingerprint density at radius 3 is 2.69 bits per heavy atom. The van der Waals surface area contributed by atoms with E-state index in [1.807, 2.05) is 12.1 Å². The normalized spacial score (nSPS) is 10.8. The molecule has 0 saturated carbocycles. The number of hydrogen-bond acceptors (Lipinski definition) is 4. The average Bonchev–Trinajstić information content (AvgIpc) is 2.26. The number of nitrogens with zero attached hydrogens (tertiary/aromatic N) is 1. The lowest BCUT2D eigenvalue weighted by atomic mass is 10.3. The van der Waals surface area contributed by atoms with E-state index in [-0.39, 0.29) is 6.10 Å². The number of aliphatic imine (C=N–C) groups is 1. The Balaban J connectivity index is 2.72. The molecule has 0 spiro atoms. The zero-order valence-electron chi connectivity index (χ0n) is 9.64. The molecule has 0 unspecified atom stereocenters. The maximum absolute atomic E-state index is 11.2. The molecule has 4 heteroatoms. The van der Waals surface area contributed by atoms with E-state index in [4.69, 9.17) is 9.47 Å². The first-order valence-corrected chi connectivity index (χ1v) is 5.01. The number of carbonyl (C=O) groups is 1. The predicted octanol–water partition coefficient (Wildman–Crippen LogP) is 2.35. The van der Waals surface area contributed by atoms with E-state index in [1.165, 1.54) is 0 Å². The van der Waals surface area contributed by atoms with Gasteiger partial charge in [0.05, 0.1) is 13.2 Å². The van der Waals surface area contributed by atoms with Gasteiger partial charge in [0.25, 0.3) is 0 Å². The summed E-state index contributed by atoms with van der Waals surface area (Å²) in [6, 6.07) is 7.20. The lowest BCUT2D eigenvalue weighted by Crippen LogP contribution is -2.11. The van der Waals surface area contributed by atoms with Gasteiger partial charge in [-0.25, -0.2) is 9.79 Å². The van der Waals surface area contributed by atoms with Gasteiger partial charge < -0.3 is 9.47 Å². The van der Waals surface area contributed by atoms with E-state index >= 15 is 0 Å². The molecule has 0 fully saturated rings. The predicted molar refractivity (Wildman–Crippen MR) is 62.4 cm³/mol. The van der Waals surface area contributed by atoms with Crippen LogP contribution in [0.1, 0.15) is 13.8 Å². The van der Waals surface area contributed by atoms with E-state index in [1.54, 1.807) is 33.1 Å². The van der Waals surface area contributed by atoms with E-state index in [0.29, 0.717) is 11.4 Å². The molecule has 0 aliphatic heterocycles. The third-order valence-corrected chi connectivity index (χ3v) is 1.75. The maximum atomic E-state index is 11.2. The molecule has 1 aromatic rings. The highest BCUT2D eigenvalue weighted by atomic mass is 16.5. The largest absolute Gasteiger partial charge is 0.494 e. The highest BCUT2D eigenvalue weighted by molar-refractivity contribution is 6.23. The van der Waals surface area contributed by atoms with Crippen LogP contribution in [-0.4, -0.2) is 25.4 Å². The highest BCUT2D eigenvalue weighted by Gasteiger charge is 2.02. The number of rotatable bonds is 4. The van der Waals surface area contributed by atoms with Gasteiger partial charge in [-0.3, -0.25) is 0 Å². The van der Waals surface area contributed by atoms with Crippen molar-refractivity contribution in [1.82, 2.24) is 0 Å². The first-order valence-electron chi connectivity index (χ1n) is 5.01. The quantitative estimate of drug-likeness (QED) is 0.579. The highest BCUT2D eigenvalue weighted by Crippen LogP contribution is 2.25. The smallest absolute Gasteiger partial charge is 0.349 e. The Kier molecular flexibility index (Phi) is 4.51. The van der Waals surface area contributed by atoms with Gasteiger partial charge in [-0.1, -0.05) is 12.1 Å². The number of benzene rings is 1. The number of methoxy groups -OCH3 is 1. The summed E-state index contributed by atoms with van der Waals surface area (Å²) < 4.78 is 10.0. The minimum atomic E-state index is -0.457. The van der Waals surface area contributed by atoms with Crippen molar-refractivity contribution in [3.63, 3.8) is 0 Å². The Bertz CT molecular complexity index is 386. The van der Waals surface area contributed by atoms with Crippen LogP contribution in [0.5, 0.6) is 5.75 Å². The van der Waals surface area contributed by atoms with Crippen molar-refractivity contribution < 1.29 is 14.3 Å². The standard InChI is InChI=1S/C12H15NO3/c1-9(2)16-12(14)8-13-10-6-4-5-7-11(10)15-3/h4-9H,1-3H3. The van der Waals surface area contributed by atoms with Crippen LogP contribution in [0.15, 0.2) is 29.3 Å². The zero-order valence-corrected chi connectivity index (χ0v) is 9.64. The summed E-state index contributed by atoms with van der Waals surface area (Å²) in [5.74, 6) is 0.164. The molecule has 0 N–H and O–H groups in total. The van der Waals surface area contributed by atoms with Gasteiger partial charge in [-0.15, -0.1) is 0 Å². The van der Waals surface area contributed by atoms with Crippen molar-refractivity contribution in [3.8, 4) is 5.75 Å². The number of para-hydroxylation sites is 2. The van der Waals surface area contributed by atoms with E-state index in [2.05, 4.69) is 4.99 Å². The lowest BCUT2D eigenvalue weighted by Gasteiger charge is -2.04. The molecule has 0 aliphatic rings. The summed E-state index contributed by atoms with van der Waals surface area (Å²) in [6.45, 7) is 3.57. The van der Waals surface area contributed by atoms with Gasteiger partial charge >= 0.3 is 5.97 Å². The fourth-order valence-corrected chi connectivity index (χ4v) is 1.12. The molecule has 1 rings (SSSR count). The van der Waals surface area contributed by atoms with Crippen molar-refractivity contribution in [1.29, 1.82) is 0 Å². The van der Waals surface area contributed by atoms with Gasteiger partial charge in [0.1, 0.15) is 17.7 Å². The van der Waals surface area contributed by atoms with E-state index < -0.39 is 5.97 Å². The fourth-order valence-electron chi connectivity index (χ4n) is 1.12. The first kappa shape index (κ1) is 12.2. The minimum absolute atomic E-state index is 0.142. The topological polar surface area (TPSA) is 47.9 Å². The number of esters is 1. The second-order valence-corrected chi connectivity index (χ2v) is 3.42. The van der Waals surface area contributed by atoms with Crippen LogP contribution in [0.25, 0.3) is 0 Å². The summed E-state index contributed by atoms with van der Waals surface area (Å²) in [5, 5.41) is 0. The molecule has 4 nitrogen and oxygen atoms in total. The Morgan fingerprint density at radius 2 is 2.06 bits per heavy atom. The lowest BCUT2D eigenvalue weighted by molar-refractivity contribution is -0.138. The number of ether oxygens (including phenoxy) is 2. The summed E-state index contributed by atoms with van der Waals surface area (Å²) in [5.41, 5.74) is 0.603. The molecule has 0 amide bonds. The van der Waals surface area contributed by atoms with Crippen LogP contribution in [0.3, 0.4) is 0 Å². The molecule has 86 valence electrons. The van der Waals surface area contributed by atoms with Crippen LogP contribution in [-0.2, 0) is 9.53 Å². The second-order valence-electron chi connectivity index (χ2n) is 3.42. The minimum Gasteiger partial charge on any atom is -0.494 e. The Morgan fingerprint density at radius 1 is 1.38 bits per heavy atom. The third-order valence-electron chi connectivity index (χ3n) is 1.75. The molecular formula is C12H15NO3. The molecule has 0 radical (unpaired) electrons. The van der Waals surface area contributed by atoms with Crippen molar-refractivity contribution in [2.45, 2.75) is 20.0 Å². The van der Waals surface area contributed by atoms with Gasteiger partial charge in [0.15, 0.2) is 0 Å². The summed E-state index contributed by atoms with van der Waals surface area (Å²) in [4.78, 5) is 15.2. The Labute approximate surface area is 94.9 Å². The average molecular weight is 221 g/mol. The molecule has 16 heavy (non-hydrogen) atoms. The molecule has 0 saturated heterocycles. The van der Waals surface area contributed by atoms with Crippen LogP contribution in [0.4, 0.5) is 5.69 Å². The van der Waals surface area contributed by atoms with Gasteiger partial charge in [0, 0.05) is 0 Å². The number of hydrogen-bond donors (Lipinski definition) is 0. The summed E-state index contributed by atoms with van der Waals surface area (Å²) in [6.07, 6.45) is 1.01. The van der Waals surface area contributed by atoms with Crippen LogP contribution in [0, 0.1) is 0 Å². The van der Waals surface area contributed by atoms with Crippen molar-refractivity contribution in [2.24, 2.45) is 4.99 Å². The van der Waals surface area contributed by atoms with Crippen molar-refractivity contribution >= 4 is 17.9 Å². The van der Waals surface area contributed by atoms with Crippen LogP contribution < -0.4 is 4.74 Å². The van der Waals surface area contributed by atoms with Crippen molar-refractivity contribution in [2.75, 3.05) is 7.11 Å². The van der Waals surface area contributed by atoms with Crippen molar-refractivity contribution in [3.05, 3.63) is 24.3 Å². The summed E-state index contributed by atoms with van der Waals surface area (Å²) in [7, 11) is 1.56. The SMILES string of the molecule is COc1ccccc1N=CC(=O)OC(C)C. The molecule has 0 atom stereocenters. The molecule has 1 aromatic carbocycles. The maximum Gasteiger partial charge on any atom is 0.349 e. The zero-order chi connectivity index (χ0) is 12.0. The third kappa shape index (κ3) is 3.73. The molecule has 0 aliphatic carbocycles. The molecule has 0 heterocycles. The summed E-state index contributed by atoms with van der Waals surface area (Å²) >= 11 is 0. The Hall–Kier alpha value is -1.84. The molecular weight excluding hydrogens is 206 g/mol. The van der Waals surface area contributed by atoms with Crippen LogP contribution in [0.2, 0.25) is 0 Å². The van der Waals surface area contributed by atoms with Gasteiger partial charge in [-0.05, 0) is 26.0 Å². The molecule has 0 bridgehead atoms.